The largest absolute Gasteiger partial charge is 0.472 e. The van der Waals surface area contributed by atoms with Gasteiger partial charge in [0.05, 0.1) is 26.4 Å². The number of hydrogen-bond donors (Lipinski definition) is 3. The van der Waals surface area contributed by atoms with Crippen LogP contribution in [0.15, 0.2) is 0 Å². The number of hydrogen-bond acceptors (Lipinski definition) is 15. The molecule has 0 saturated carbocycles. The molecule has 19 heteroatoms. The number of esters is 4. The Labute approximate surface area is 594 Å². The van der Waals surface area contributed by atoms with Crippen molar-refractivity contribution in [1.29, 1.82) is 0 Å². The van der Waals surface area contributed by atoms with Gasteiger partial charge in [0.15, 0.2) is 12.2 Å². The van der Waals surface area contributed by atoms with Crippen molar-refractivity contribution in [3.05, 3.63) is 0 Å². The van der Waals surface area contributed by atoms with E-state index in [9.17, 15) is 43.2 Å². The third kappa shape index (κ3) is 70.9. The van der Waals surface area contributed by atoms with Crippen LogP contribution >= 0.6 is 15.6 Å². The van der Waals surface area contributed by atoms with Gasteiger partial charge in [-0.05, 0) is 43.4 Å². The minimum atomic E-state index is -4.96. The SMILES string of the molecule is CCCCCCCCCCCC(=O)OC[C@H](COP(=O)(O)OC[C@H](O)COP(=O)(O)OC[C@@H](COC(=O)CCCCCCCCCCCCCCCCC(C)C)OC(=O)CCCCCCCCCCCCCCCCC(C)CC)OC(=O)CCCCCCCCCCCCC(C)C. The third-order valence-electron chi connectivity index (χ3n) is 18.5. The molecule has 0 bridgehead atoms. The number of rotatable bonds is 76. The number of phosphoric acid groups is 2. The molecule has 97 heavy (non-hydrogen) atoms. The zero-order valence-corrected chi connectivity index (χ0v) is 65.3. The Morgan fingerprint density at radius 2 is 0.526 bits per heavy atom. The fourth-order valence-electron chi connectivity index (χ4n) is 11.9. The predicted molar refractivity (Wildman–Crippen MR) is 395 cm³/mol. The van der Waals surface area contributed by atoms with Gasteiger partial charge in [-0.2, -0.15) is 0 Å². The summed E-state index contributed by atoms with van der Waals surface area (Å²) in [7, 11) is -9.91. The monoisotopic (exact) mass is 1420 g/mol. The first kappa shape index (κ1) is 95.1. The van der Waals surface area contributed by atoms with Crippen LogP contribution in [-0.2, 0) is 65.4 Å². The summed E-state index contributed by atoms with van der Waals surface area (Å²) in [6.07, 6.45) is 55.4. The second-order valence-corrected chi connectivity index (χ2v) is 32.2. The summed E-state index contributed by atoms with van der Waals surface area (Å²) in [5, 5.41) is 10.6. The highest BCUT2D eigenvalue weighted by molar-refractivity contribution is 7.47. The maximum Gasteiger partial charge on any atom is 0.472 e. The Hall–Kier alpha value is -1.94. The van der Waals surface area contributed by atoms with E-state index in [0.29, 0.717) is 25.7 Å². The molecule has 0 aliphatic heterocycles. The van der Waals surface area contributed by atoms with E-state index < -0.39 is 97.5 Å². The standard InChI is InChI=1S/C78H152O17P2/c1-8-10-11-12-13-28-38-45-52-59-75(80)88-65-73(95-78(83)62-55-48-41-34-27-26-30-36-43-50-57-70(5)6)67-92-96(84,85)90-63-72(79)64-91-97(86,87)93-68-74(66-89-76(81)60-53-46-39-32-24-20-16-14-18-22-29-35-42-49-56-69(3)4)94-77(82)61-54-47-40-33-25-21-17-15-19-23-31-37-44-51-58-71(7)9-2/h69-74,79H,8-68H2,1-7H3,(H,84,85)(H,86,87)/t71?,72-,73+,74+/m0/s1. The lowest BCUT2D eigenvalue weighted by Gasteiger charge is -2.21. The maximum absolute atomic E-state index is 13.1. The number of ether oxygens (including phenoxy) is 4. The molecule has 6 atom stereocenters. The Balaban J connectivity index is 5.23. The maximum atomic E-state index is 13.1. The van der Waals surface area contributed by atoms with E-state index in [1.807, 2.05) is 0 Å². The molecule has 0 fully saturated rings. The topological polar surface area (TPSA) is 237 Å². The average Bonchev–Trinajstić information content (AvgIpc) is 1.46. The summed E-state index contributed by atoms with van der Waals surface area (Å²) >= 11 is 0. The number of phosphoric ester groups is 2. The summed E-state index contributed by atoms with van der Waals surface area (Å²) in [4.78, 5) is 72.9. The van der Waals surface area contributed by atoms with Gasteiger partial charge in [-0.25, -0.2) is 9.13 Å². The van der Waals surface area contributed by atoms with Crippen LogP contribution in [0.2, 0.25) is 0 Å². The molecule has 0 spiro atoms. The van der Waals surface area contributed by atoms with Crippen molar-refractivity contribution in [2.24, 2.45) is 17.8 Å². The molecular formula is C78H152O17P2. The van der Waals surface area contributed by atoms with Crippen LogP contribution in [0.25, 0.3) is 0 Å². The van der Waals surface area contributed by atoms with E-state index in [1.165, 1.54) is 212 Å². The molecule has 0 aromatic heterocycles. The van der Waals surface area contributed by atoms with Crippen LogP contribution in [0.5, 0.6) is 0 Å². The van der Waals surface area contributed by atoms with Crippen molar-refractivity contribution in [2.45, 2.75) is 420 Å². The molecule has 0 rings (SSSR count). The summed E-state index contributed by atoms with van der Waals surface area (Å²) in [6.45, 7) is 12.0. The minimum Gasteiger partial charge on any atom is -0.462 e. The van der Waals surface area contributed by atoms with Crippen LogP contribution in [0, 0.1) is 17.8 Å². The highest BCUT2D eigenvalue weighted by atomic mass is 31.2. The summed E-state index contributed by atoms with van der Waals surface area (Å²) in [6, 6.07) is 0. The van der Waals surface area contributed by atoms with E-state index in [2.05, 4.69) is 48.5 Å². The first-order chi connectivity index (χ1) is 46.8. The second-order valence-electron chi connectivity index (χ2n) is 29.3. The highest BCUT2D eigenvalue weighted by Crippen LogP contribution is 2.45. The van der Waals surface area contributed by atoms with Crippen LogP contribution in [0.1, 0.15) is 402 Å². The quantitative estimate of drug-likeness (QED) is 0.0222. The van der Waals surface area contributed by atoms with Crippen LogP contribution in [-0.4, -0.2) is 96.7 Å². The van der Waals surface area contributed by atoms with Gasteiger partial charge >= 0.3 is 39.5 Å². The fraction of sp³-hybridized carbons (Fsp3) is 0.949. The lowest BCUT2D eigenvalue weighted by atomic mass is 9.99. The Bertz CT molecular complexity index is 1890. The molecule has 0 aromatic carbocycles. The number of aliphatic hydroxyl groups excluding tert-OH is 1. The smallest absolute Gasteiger partial charge is 0.462 e. The molecule has 0 aromatic rings. The van der Waals surface area contributed by atoms with E-state index >= 15 is 0 Å². The highest BCUT2D eigenvalue weighted by Gasteiger charge is 2.30. The van der Waals surface area contributed by atoms with Gasteiger partial charge in [-0.3, -0.25) is 37.3 Å². The number of carbonyl (C=O) groups is 4. The molecular weight excluding hydrogens is 1270 g/mol. The molecule has 0 amide bonds. The van der Waals surface area contributed by atoms with Crippen molar-refractivity contribution in [3.8, 4) is 0 Å². The van der Waals surface area contributed by atoms with Crippen molar-refractivity contribution >= 4 is 39.5 Å². The van der Waals surface area contributed by atoms with Crippen molar-refractivity contribution in [1.82, 2.24) is 0 Å². The summed E-state index contributed by atoms with van der Waals surface area (Å²) in [5.74, 6) is 0.282. The van der Waals surface area contributed by atoms with Crippen molar-refractivity contribution in [2.75, 3.05) is 39.6 Å². The molecule has 3 N–H and O–H groups in total. The van der Waals surface area contributed by atoms with Gasteiger partial charge in [0, 0.05) is 25.7 Å². The normalized spacial score (nSPS) is 14.3. The molecule has 3 unspecified atom stereocenters. The summed E-state index contributed by atoms with van der Waals surface area (Å²) in [5.41, 5.74) is 0. The van der Waals surface area contributed by atoms with Gasteiger partial charge in [0.25, 0.3) is 0 Å². The van der Waals surface area contributed by atoms with Gasteiger partial charge in [0.2, 0.25) is 0 Å². The Morgan fingerprint density at radius 1 is 0.299 bits per heavy atom. The van der Waals surface area contributed by atoms with E-state index in [-0.39, 0.29) is 25.7 Å². The lowest BCUT2D eigenvalue weighted by molar-refractivity contribution is -0.161. The number of aliphatic hydroxyl groups is 1. The molecule has 0 aliphatic rings. The first-order valence-electron chi connectivity index (χ1n) is 40.4. The second kappa shape index (κ2) is 68.5. The van der Waals surface area contributed by atoms with Gasteiger partial charge in [-0.15, -0.1) is 0 Å². The van der Waals surface area contributed by atoms with Crippen molar-refractivity contribution < 1.29 is 80.2 Å². The zero-order valence-electron chi connectivity index (χ0n) is 63.5. The molecule has 0 saturated heterocycles. The molecule has 0 heterocycles. The van der Waals surface area contributed by atoms with Gasteiger partial charge in [-0.1, -0.05) is 350 Å². The first-order valence-corrected chi connectivity index (χ1v) is 43.4. The molecule has 0 radical (unpaired) electrons. The lowest BCUT2D eigenvalue weighted by Crippen LogP contribution is -2.30. The third-order valence-corrected chi connectivity index (χ3v) is 20.4. The van der Waals surface area contributed by atoms with Crippen LogP contribution < -0.4 is 0 Å². The average molecular weight is 1420 g/mol. The van der Waals surface area contributed by atoms with E-state index in [0.717, 1.165) is 108 Å². The van der Waals surface area contributed by atoms with Crippen LogP contribution in [0.4, 0.5) is 0 Å². The number of unbranched alkanes of at least 4 members (excludes halogenated alkanes) is 43. The van der Waals surface area contributed by atoms with E-state index in [4.69, 9.17) is 37.0 Å². The van der Waals surface area contributed by atoms with Gasteiger partial charge < -0.3 is 33.8 Å². The molecule has 17 nitrogen and oxygen atoms in total. The molecule has 576 valence electrons. The fourth-order valence-corrected chi connectivity index (χ4v) is 13.5. The Morgan fingerprint density at radius 3 is 0.784 bits per heavy atom. The van der Waals surface area contributed by atoms with Gasteiger partial charge in [0.1, 0.15) is 19.3 Å². The predicted octanol–water partition coefficient (Wildman–Crippen LogP) is 23.0. The minimum absolute atomic E-state index is 0.106. The van der Waals surface area contributed by atoms with Crippen molar-refractivity contribution in [3.63, 3.8) is 0 Å². The zero-order chi connectivity index (χ0) is 71.6. The van der Waals surface area contributed by atoms with E-state index in [1.54, 1.807) is 0 Å². The number of carbonyl (C=O) groups excluding carboxylic acids is 4. The Kier molecular flexibility index (Phi) is 67.1. The van der Waals surface area contributed by atoms with Crippen LogP contribution in [0.3, 0.4) is 0 Å². The molecule has 0 aliphatic carbocycles. The summed E-state index contributed by atoms with van der Waals surface area (Å²) < 4.78 is 68.6.